The Labute approximate surface area is 774 Å². The first kappa shape index (κ1) is 104. The Morgan fingerprint density at radius 2 is 1.11 bits per heavy atom. The van der Waals surface area contributed by atoms with E-state index in [9.17, 15) is 78.0 Å². The number of benzene rings is 3. The lowest BCUT2D eigenvalue weighted by atomic mass is 9.90. The SMILES string of the molecule is CCCC[C@H]1C(=O)N(C)[C@@H](CCCC)C(=O)N[C@@H](CC(=O)O)C(=O)N[C@H](C(=O)NCC(N)=O)CSCC(=O)N[C@@H](Cc2ccc(O)cc2)C(=O)N(C)[C@@H](C)C(=O)N[C@@H](CC(N)=O)C(=O)N2CCC[C@H]2C(=O)N[C@@H](Cc2c[nH]cn2)C(=O)N[C@@H](CCC(N)=O)C(=O)N2C[C@H](O)C[C@H]2C(=O)C[C@@H](Cc2c[nH]c3ccccc23)C(=O)N[C@@H](CO)C(=O)N[C@@H](Cc2c[nH]c3ccccc23)C(=O)N1C. The Bertz CT molecular complexity index is 5260. The van der Waals surface area contributed by atoms with Gasteiger partial charge < -0.3 is 125 Å². The second-order valence-electron chi connectivity index (χ2n) is 33.8. The van der Waals surface area contributed by atoms with Gasteiger partial charge in [-0.1, -0.05) is 88.1 Å². The number of nitrogens with one attached hydrogen (secondary N) is 12. The number of aromatic hydroxyl groups is 1. The number of ketones is 1. The molecule has 0 bridgehead atoms. The van der Waals surface area contributed by atoms with Gasteiger partial charge >= 0.3 is 5.97 Å². The van der Waals surface area contributed by atoms with E-state index in [-0.39, 0.29) is 75.8 Å². The third kappa shape index (κ3) is 28.4. The second-order valence-corrected chi connectivity index (χ2v) is 34.8. The maximum absolute atomic E-state index is 15.7. The molecule has 6 aromatic rings. The number of likely N-dealkylation sites (N-methyl/N-ethyl adjacent to an activating group) is 3. The van der Waals surface area contributed by atoms with Gasteiger partial charge in [-0.15, -0.1) is 11.8 Å². The molecule has 0 unspecified atom stereocenters. The number of Topliss-reactive ketones (excluding diaryl/α,β-unsaturated/α-hetero) is 1. The maximum Gasteiger partial charge on any atom is 0.305 e. The van der Waals surface area contributed by atoms with Crippen LogP contribution in [0.25, 0.3) is 21.8 Å². The van der Waals surface area contributed by atoms with E-state index in [1.807, 2.05) is 0 Å². The molecule has 724 valence electrons. The molecule has 44 nitrogen and oxygen atoms in total. The highest BCUT2D eigenvalue weighted by atomic mass is 32.2. The molecule has 9 rings (SSSR count). The standard InChI is InChI=1S/C89H119N21O23S/c1-7-9-20-67-83(127)101-61(37-76(119)120)81(125)105-66(79(123)96-41-74(92)117)44-134-45-75(118)98-62(30-48-23-25-53(112)26-24-48)85(129)106(4)47(3)77(121)102-64(36-73(91)116)88(132)109-29-15-22-68(109)84(128)100-60(34-52-40-93-46-97-52)80(124)99-59(27-28-72(90)115)87(131)110-42-54(113)35-70(110)71(114)33-49(31-50-38-94-57-18-13-11-16-55(50)57)78(122)104-65(43-111)82(126)103-63(32-51-39-95-58-19-14-12-17-56(51)58)86(130)108(6)69(21-10-8-2)89(133)107(67)5/h11-14,16-19,23-26,38-40,46-47,49,54,59-70,94-95,111-113H,7-10,15,20-22,27-37,41-45H2,1-6H3,(H2,90,115)(H2,91,116)(H2,92,117)(H,93,97)(H,96,123)(H,98,118)(H,99,124)(H,100,128)(H,101,127)(H,102,121)(H,103,126)(H,104,122)(H,105,125)(H,119,120)/t47-,49+,54+,59-,60-,61-,62-,63-,64-,65-,66-,67-,68-,69-,70-/m0/s1. The number of nitrogens with two attached hydrogens (primary N) is 3. The monoisotopic (exact) mass is 1880 g/mol. The number of aliphatic hydroxyl groups is 2. The summed E-state index contributed by atoms with van der Waals surface area (Å²) in [6.45, 7) is 2.17. The van der Waals surface area contributed by atoms with E-state index in [1.165, 1.54) is 64.9 Å². The molecule has 0 saturated carbocycles. The van der Waals surface area contributed by atoms with Crippen LogP contribution in [0.4, 0.5) is 0 Å². The van der Waals surface area contributed by atoms with E-state index in [2.05, 4.69) is 67.8 Å². The van der Waals surface area contributed by atoms with Crippen LogP contribution in [0.1, 0.15) is 133 Å². The number of amides is 17. The van der Waals surface area contributed by atoms with Crippen LogP contribution in [0.5, 0.6) is 5.75 Å². The lowest BCUT2D eigenvalue weighted by Gasteiger charge is -2.36. The van der Waals surface area contributed by atoms with Crippen molar-refractivity contribution in [2.45, 2.75) is 221 Å². The number of hydrogen-bond donors (Lipinski definition) is 19. The van der Waals surface area contributed by atoms with Crippen LogP contribution in [0.15, 0.2) is 97.7 Å². The van der Waals surface area contributed by atoms with E-state index < -0.39 is 279 Å². The van der Waals surface area contributed by atoms with Crippen molar-refractivity contribution in [3.05, 3.63) is 120 Å². The van der Waals surface area contributed by atoms with Gasteiger partial charge in [-0.05, 0) is 86.4 Å². The van der Waals surface area contributed by atoms with Gasteiger partial charge in [0.25, 0.3) is 0 Å². The molecule has 22 N–H and O–H groups in total. The number of carboxylic acid groups (broad SMARTS) is 1. The number of unbranched alkanes of at least 4 members (excludes halogenated alkanes) is 2. The number of para-hydroxylation sites is 2. The van der Waals surface area contributed by atoms with Gasteiger partial charge in [0.1, 0.15) is 78.3 Å². The number of carboxylic acids is 1. The van der Waals surface area contributed by atoms with Crippen LogP contribution in [0, 0.1) is 5.92 Å². The number of carbonyl (C=O) groups excluding carboxylic acids is 18. The number of aromatic amines is 3. The molecule has 45 heteroatoms. The first-order valence-electron chi connectivity index (χ1n) is 44.2. The van der Waals surface area contributed by atoms with Crippen LogP contribution in [0.3, 0.4) is 0 Å². The second kappa shape index (κ2) is 49.0. The van der Waals surface area contributed by atoms with Crippen molar-refractivity contribution in [2.24, 2.45) is 23.1 Å². The van der Waals surface area contributed by atoms with Crippen LogP contribution in [-0.2, 0) is 117 Å². The van der Waals surface area contributed by atoms with Crippen molar-refractivity contribution in [3.63, 3.8) is 0 Å². The Balaban J connectivity index is 1.10. The van der Waals surface area contributed by atoms with E-state index in [4.69, 9.17) is 17.2 Å². The molecule has 0 radical (unpaired) electrons. The lowest BCUT2D eigenvalue weighted by Crippen LogP contribution is -2.61. The molecule has 134 heavy (non-hydrogen) atoms. The van der Waals surface area contributed by atoms with Gasteiger partial charge in [0, 0.05) is 125 Å². The maximum atomic E-state index is 15.7. The highest BCUT2D eigenvalue weighted by molar-refractivity contribution is 8.00. The molecule has 6 heterocycles. The highest BCUT2D eigenvalue weighted by Gasteiger charge is 2.47. The summed E-state index contributed by atoms with van der Waals surface area (Å²) in [6.07, 6.45) is 0.0954. The van der Waals surface area contributed by atoms with Crippen molar-refractivity contribution in [2.75, 3.05) is 58.9 Å². The van der Waals surface area contributed by atoms with Crippen LogP contribution in [0.2, 0.25) is 0 Å². The lowest BCUT2D eigenvalue weighted by molar-refractivity contribution is -0.150. The number of imidazole rings is 1. The van der Waals surface area contributed by atoms with Crippen molar-refractivity contribution in [1.82, 2.24) is 92.3 Å². The zero-order valence-corrected chi connectivity index (χ0v) is 76.1. The van der Waals surface area contributed by atoms with Gasteiger partial charge in [0.05, 0.1) is 55.9 Å². The topological polar surface area (TPSA) is 668 Å². The summed E-state index contributed by atoms with van der Waals surface area (Å²) in [6, 6.07) is -2.40. The van der Waals surface area contributed by atoms with E-state index in [0.29, 0.717) is 63.1 Å². The number of H-pyrrole nitrogens is 3. The predicted molar refractivity (Wildman–Crippen MR) is 483 cm³/mol. The average molecular weight is 1880 g/mol. The minimum absolute atomic E-state index is 0.0686. The summed E-state index contributed by atoms with van der Waals surface area (Å²) in [5, 5.41) is 67.0. The number of fused-ring (bicyclic) bond motifs is 4. The first-order chi connectivity index (χ1) is 63.8. The van der Waals surface area contributed by atoms with Gasteiger partial charge in [-0.25, -0.2) is 4.98 Å². The number of aromatic nitrogens is 4. The van der Waals surface area contributed by atoms with E-state index in [0.717, 1.165) is 24.5 Å². The Kier molecular flexibility index (Phi) is 38.0. The number of nitrogens with zero attached hydrogens (tertiary/aromatic N) is 6. The normalized spacial score (nSPS) is 24.9. The van der Waals surface area contributed by atoms with Gasteiger partial charge in [0.15, 0.2) is 5.78 Å². The molecular weight excluding hydrogens is 1760 g/mol. The fraction of sp³-hybridized carbons (Fsp3) is 0.506. The molecule has 3 aromatic heterocycles. The first-order valence-corrected chi connectivity index (χ1v) is 45.4. The van der Waals surface area contributed by atoms with Gasteiger partial charge in [0.2, 0.25) is 100 Å². The van der Waals surface area contributed by atoms with E-state index in [1.54, 1.807) is 74.8 Å². The number of phenols is 1. The molecule has 3 aromatic carbocycles. The minimum atomic E-state index is -2.03. The van der Waals surface area contributed by atoms with Crippen molar-refractivity contribution < 1.29 is 112 Å². The molecule has 3 aliphatic rings. The molecule has 3 fully saturated rings. The minimum Gasteiger partial charge on any atom is -0.508 e. The number of rotatable bonds is 25. The van der Waals surface area contributed by atoms with Crippen LogP contribution in [-0.4, -0.2) is 321 Å². The third-order valence-corrected chi connectivity index (χ3v) is 25.0. The number of primary amides is 3. The summed E-state index contributed by atoms with van der Waals surface area (Å²) in [5.41, 5.74) is 19.4. The summed E-state index contributed by atoms with van der Waals surface area (Å²) in [5.74, 6) is -22.8. The summed E-state index contributed by atoms with van der Waals surface area (Å²) >= 11 is 0.670. The van der Waals surface area contributed by atoms with Gasteiger partial charge in [-0.3, -0.25) is 91.1 Å². The number of aliphatic carboxylic acids is 1. The summed E-state index contributed by atoms with van der Waals surface area (Å²) in [4.78, 5) is 293. The molecule has 0 aliphatic carbocycles. The predicted octanol–water partition coefficient (Wildman–Crippen LogP) is -3.41. The zero-order chi connectivity index (χ0) is 97.9. The summed E-state index contributed by atoms with van der Waals surface area (Å²) < 4.78 is 0. The number of carbonyl (C=O) groups is 19. The molecule has 0 spiro atoms. The number of aliphatic hydroxyl groups excluding tert-OH is 2. The molecule has 17 amide bonds. The molecule has 3 aliphatic heterocycles. The number of phenolic OH excluding ortho intramolecular Hbond substituents is 1. The van der Waals surface area contributed by atoms with Crippen molar-refractivity contribution >= 4 is 146 Å². The Hall–Kier alpha value is -13.9. The van der Waals surface area contributed by atoms with E-state index >= 15 is 33.6 Å². The molecule has 3 saturated heterocycles. The highest BCUT2D eigenvalue weighted by Crippen LogP contribution is 2.30. The largest absolute Gasteiger partial charge is 0.508 e. The number of thioether (sulfide) groups is 1. The zero-order valence-electron chi connectivity index (χ0n) is 75.2. The average Bonchev–Trinajstić information content (AvgIpc) is 1.37. The van der Waals surface area contributed by atoms with Crippen molar-refractivity contribution in [1.29, 1.82) is 0 Å². The number of hydrogen-bond acceptors (Lipinski definition) is 24. The Morgan fingerprint density at radius 1 is 0.545 bits per heavy atom. The Morgan fingerprint density at radius 3 is 1.72 bits per heavy atom. The van der Waals surface area contributed by atoms with Gasteiger partial charge in [-0.2, -0.15) is 0 Å². The quantitative estimate of drug-likeness (QED) is 0.0266. The fourth-order valence-corrected chi connectivity index (χ4v) is 17.4. The van der Waals surface area contributed by atoms with Crippen LogP contribution < -0.4 is 65.1 Å². The third-order valence-electron chi connectivity index (χ3n) is 24.0. The summed E-state index contributed by atoms with van der Waals surface area (Å²) in [7, 11) is 3.72. The molecule has 15 atom stereocenters. The smallest absolute Gasteiger partial charge is 0.305 e. The molecular formula is C89H119N21O23S. The fourth-order valence-electron chi connectivity index (χ4n) is 16.5. The van der Waals surface area contributed by atoms with Crippen LogP contribution >= 0.6 is 11.8 Å². The van der Waals surface area contributed by atoms with Crippen molar-refractivity contribution in [3.8, 4) is 5.75 Å².